The lowest BCUT2D eigenvalue weighted by molar-refractivity contribution is 0.181. The first-order valence-corrected chi connectivity index (χ1v) is 7.06. The molecule has 100 valence electrons. The molecule has 1 aromatic rings. The van der Waals surface area contributed by atoms with Crippen molar-refractivity contribution in [2.75, 3.05) is 26.7 Å². The molecule has 0 aromatic carbocycles. The Bertz CT molecular complexity index is 386. The highest BCUT2D eigenvalue weighted by atomic mass is 16.5. The normalized spacial score (nSPS) is 29.8. The van der Waals surface area contributed by atoms with Crippen LogP contribution in [0, 0.1) is 0 Å². The van der Waals surface area contributed by atoms with Crippen LogP contribution in [0.2, 0.25) is 0 Å². The molecule has 2 unspecified atom stereocenters. The van der Waals surface area contributed by atoms with Crippen molar-refractivity contribution in [2.45, 2.75) is 44.1 Å². The van der Waals surface area contributed by atoms with Crippen LogP contribution in [0.25, 0.3) is 0 Å². The quantitative estimate of drug-likeness (QED) is 0.873. The molecular weight excluding hydrogens is 228 g/mol. The maximum absolute atomic E-state index is 5.41. The second-order valence-corrected chi connectivity index (χ2v) is 5.57. The number of rotatable bonds is 3. The highest BCUT2D eigenvalue weighted by molar-refractivity contribution is 4.99. The van der Waals surface area contributed by atoms with Gasteiger partial charge in [-0.15, -0.1) is 0 Å². The number of likely N-dealkylation sites (N-methyl/N-ethyl adjacent to an activating group) is 1. The number of hydrogen-bond acceptors (Lipinski definition) is 5. The summed E-state index contributed by atoms with van der Waals surface area (Å²) >= 11 is 0. The summed E-state index contributed by atoms with van der Waals surface area (Å²) in [4.78, 5) is 7.00. The average molecular weight is 250 g/mol. The third kappa shape index (κ3) is 2.57. The van der Waals surface area contributed by atoms with Gasteiger partial charge in [0.25, 0.3) is 0 Å². The van der Waals surface area contributed by atoms with Crippen LogP contribution < -0.4 is 5.32 Å². The Labute approximate surface area is 108 Å². The zero-order valence-corrected chi connectivity index (χ0v) is 11.1. The fourth-order valence-corrected chi connectivity index (χ4v) is 2.99. The lowest BCUT2D eigenvalue weighted by Crippen LogP contribution is -2.37. The Balaban J connectivity index is 1.62. The van der Waals surface area contributed by atoms with E-state index in [1.165, 1.54) is 25.8 Å². The Morgan fingerprint density at radius 1 is 1.39 bits per heavy atom. The summed E-state index contributed by atoms with van der Waals surface area (Å²) in [5.41, 5.74) is 0. The molecule has 1 aromatic heterocycles. The van der Waals surface area contributed by atoms with Gasteiger partial charge in [0.1, 0.15) is 0 Å². The van der Waals surface area contributed by atoms with Crippen molar-refractivity contribution in [3.63, 3.8) is 0 Å². The summed E-state index contributed by atoms with van der Waals surface area (Å²) in [6.45, 7) is 3.24. The molecule has 2 saturated heterocycles. The molecule has 3 rings (SSSR count). The van der Waals surface area contributed by atoms with E-state index < -0.39 is 0 Å². The van der Waals surface area contributed by atoms with Gasteiger partial charge < -0.3 is 14.7 Å². The molecular formula is C13H22N4O. The maximum atomic E-state index is 5.41. The van der Waals surface area contributed by atoms with Crippen LogP contribution in [-0.2, 0) is 6.42 Å². The minimum atomic E-state index is 0.426. The zero-order chi connectivity index (χ0) is 12.4. The van der Waals surface area contributed by atoms with Gasteiger partial charge in [0.15, 0.2) is 5.82 Å². The summed E-state index contributed by atoms with van der Waals surface area (Å²) in [6, 6.07) is 0.589. The summed E-state index contributed by atoms with van der Waals surface area (Å²) in [5.74, 6) is 2.14. The predicted molar refractivity (Wildman–Crippen MR) is 68.5 cm³/mol. The molecule has 0 saturated carbocycles. The predicted octanol–water partition coefficient (Wildman–Crippen LogP) is 1.17. The lowest BCUT2D eigenvalue weighted by atomic mass is 10.00. The number of aromatic nitrogens is 2. The molecule has 2 atom stereocenters. The van der Waals surface area contributed by atoms with Gasteiger partial charge in [0.2, 0.25) is 5.89 Å². The van der Waals surface area contributed by atoms with E-state index in [4.69, 9.17) is 4.52 Å². The van der Waals surface area contributed by atoms with E-state index in [2.05, 4.69) is 27.4 Å². The third-order valence-corrected chi connectivity index (χ3v) is 4.23. The van der Waals surface area contributed by atoms with Crippen LogP contribution in [0.3, 0.4) is 0 Å². The van der Waals surface area contributed by atoms with Gasteiger partial charge in [-0.1, -0.05) is 11.6 Å². The zero-order valence-electron chi connectivity index (χ0n) is 11.1. The molecule has 0 radical (unpaired) electrons. The molecule has 18 heavy (non-hydrogen) atoms. The first-order valence-electron chi connectivity index (χ1n) is 7.06. The molecule has 2 aliphatic rings. The first-order chi connectivity index (χ1) is 8.83. The largest absolute Gasteiger partial charge is 0.339 e. The summed E-state index contributed by atoms with van der Waals surface area (Å²) < 4.78 is 5.41. The average Bonchev–Trinajstić information content (AvgIpc) is 3.02. The van der Waals surface area contributed by atoms with E-state index in [0.29, 0.717) is 12.0 Å². The minimum absolute atomic E-state index is 0.426. The van der Waals surface area contributed by atoms with Crippen molar-refractivity contribution >= 4 is 0 Å². The molecule has 0 bridgehead atoms. The van der Waals surface area contributed by atoms with Gasteiger partial charge in [-0.05, 0) is 39.4 Å². The molecule has 5 nitrogen and oxygen atoms in total. The van der Waals surface area contributed by atoms with Gasteiger partial charge in [-0.25, -0.2) is 0 Å². The number of likely N-dealkylation sites (tertiary alicyclic amines) is 1. The highest BCUT2D eigenvalue weighted by Crippen LogP contribution is 2.22. The molecule has 0 amide bonds. The molecule has 5 heteroatoms. The van der Waals surface area contributed by atoms with Gasteiger partial charge in [-0.2, -0.15) is 4.98 Å². The van der Waals surface area contributed by atoms with E-state index >= 15 is 0 Å². The molecule has 3 heterocycles. The molecule has 0 aliphatic carbocycles. The van der Waals surface area contributed by atoms with Crippen LogP contribution in [0.4, 0.5) is 0 Å². The van der Waals surface area contributed by atoms with Crippen molar-refractivity contribution in [3.05, 3.63) is 11.7 Å². The van der Waals surface area contributed by atoms with Crippen molar-refractivity contribution in [3.8, 4) is 0 Å². The summed E-state index contributed by atoms with van der Waals surface area (Å²) in [7, 11) is 2.20. The number of hydrogen-bond donors (Lipinski definition) is 1. The highest BCUT2D eigenvalue weighted by Gasteiger charge is 2.25. The SMILES string of the molecule is CN1CCCCC1Cc1noc(C2CCNC2)n1. The van der Waals surface area contributed by atoms with Crippen molar-refractivity contribution in [2.24, 2.45) is 0 Å². The summed E-state index contributed by atoms with van der Waals surface area (Å²) in [6.07, 6.45) is 5.95. The smallest absolute Gasteiger partial charge is 0.231 e. The second kappa shape index (κ2) is 5.36. The van der Waals surface area contributed by atoms with E-state index in [1.54, 1.807) is 0 Å². The van der Waals surface area contributed by atoms with Crippen molar-refractivity contribution < 1.29 is 4.52 Å². The third-order valence-electron chi connectivity index (χ3n) is 4.23. The molecule has 2 aliphatic heterocycles. The van der Waals surface area contributed by atoms with Gasteiger partial charge in [-0.3, -0.25) is 0 Å². The Morgan fingerprint density at radius 3 is 3.11 bits per heavy atom. The fourth-order valence-electron chi connectivity index (χ4n) is 2.99. The van der Waals surface area contributed by atoms with Crippen LogP contribution in [0.1, 0.15) is 43.3 Å². The number of nitrogens with one attached hydrogen (secondary N) is 1. The van der Waals surface area contributed by atoms with Crippen LogP contribution in [0.5, 0.6) is 0 Å². The van der Waals surface area contributed by atoms with E-state index in [1.807, 2.05) is 0 Å². The topological polar surface area (TPSA) is 54.2 Å². The first kappa shape index (κ1) is 12.1. The van der Waals surface area contributed by atoms with Crippen molar-refractivity contribution in [1.29, 1.82) is 0 Å². The molecule has 1 N–H and O–H groups in total. The van der Waals surface area contributed by atoms with Crippen LogP contribution >= 0.6 is 0 Å². The minimum Gasteiger partial charge on any atom is -0.339 e. The summed E-state index contributed by atoms with van der Waals surface area (Å²) in [5, 5.41) is 7.48. The van der Waals surface area contributed by atoms with Gasteiger partial charge >= 0.3 is 0 Å². The Kier molecular flexibility index (Phi) is 3.61. The van der Waals surface area contributed by atoms with Crippen LogP contribution in [0.15, 0.2) is 4.52 Å². The van der Waals surface area contributed by atoms with E-state index in [0.717, 1.165) is 37.6 Å². The van der Waals surface area contributed by atoms with Crippen molar-refractivity contribution in [1.82, 2.24) is 20.4 Å². The molecule has 2 fully saturated rings. The maximum Gasteiger partial charge on any atom is 0.231 e. The Morgan fingerprint density at radius 2 is 2.33 bits per heavy atom. The monoisotopic (exact) mass is 250 g/mol. The van der Waals surface area contributed by atoms with E-state index in [-0.39, 0.29) is 0 Å². The van der Waals surface area contributed by atoms with Crippen LogP contribution in [-0.4, -0.2) is 47.8 Å². The van der Waals surface area contributed by atoms with Gasteiger partial charge in [0, 0.05) is 19.0 Å². The molecule has 0 spiro atoms. The number of nitrogens with zero attached hydrogens (tertiary/aromatic N) is 3. The van der Waals surface area contributed by atoms with Gasteiger partial charge in [0.05, 0.1) is 5.92 Å². The standard InChI is InChI=1S/C13H22N4O/c1-17-7-3-2-4-11(17)8-12-15-13(18-16-12)10-5-6-14-9-10/h10-11,14H,2-9H2,1H3. The second-order valence-electron chi connectivity index (χ2n) is 5.57. The lowest BCUT2D eigenvalue weighted by Gasteiger charge is -2.31. The Hall–Kier alpha value is -0.940. The van der Waals surface area contributed by atoms with E-state index in [9.17, 15) is 0 Å². The number of piperidine rings is 1. The fraction of sp³-hybridized carbons (Fsp3) is 0.846.